The van der Waals surface area contributed by atoms with Crippen LogP contribution in [-0.4, -0.2) is 27.3 Å². The molecule has 1 saturated carbocycles. The maximum atomic E-state index is 11.0. The van der Waals surface area contributed by atoms with Crippen molar-refractivity contribution >= 4 is 11.8 Å². The number of carboxylic acid groups (broad SMARTS) is 1. The lowest BCUT2D eigenvalue weighted by Crippen LogP contribution is -2.27. The predicted octanol–water partition coefficient (Wildman–Crippen LogP) is 2.14. The summed E-state index contributed by atoms with van der Waals surface area (Å²) >= 11 is 0. The van der Waals surface area contributed by atoms with Crippen LogP contribution in [-0.2, 0) is 17.6 Å². The molecule has 1 unspecified atom stereocenters. The maximum absolute atomic E-state index is 11.0. The summed E-state index contributed by atoms with van der Waals surface area (Å²) in [5, 5.41) is 29.9. The van der Waals surface area contributed by atoms with E-state index in [0.717, 1.165) is 30.5 Å². The highest BCUT2D eigenvalue weighted by Gasteiger charge is 2.33. The number of aromatic nitrogens is 2. The summed E-state index contributed by atoms with van der Waals surface area (Å²) < 4.78 is 0. The van der Waals surface area contributed by atoms with Crippen LogP contribution in [0.25, 0.3) is 0 Å². The highest BCUT2D eigenvalue weighted by molar-refractivity contribution is 5.69. The number of nitriles is 1. The van der Waals surface area contributed by atoms with Gasteiger partial charge in [-0.2, -0.15) is 10.4 Å². The van der Waals surface area contributed by atoms with E-state index in [1.165, 1.54) is 0 Å². The zero-order valence-corrected chi connectivity index (χ0v) is 12.4. The minimum atomic E-state index is -0.841. The largest absolute Gasteiger partial charge is 0.481 e. The molecule has 2 N–H and O–H groups in total. The van der Waals surface area contributed by atoms with Gasteiger partial charge in [-0.25, -0.2) is 0 Å². The highest BCUT2D eigenvalue weighted by Crippen LogP contribution is 2.36. The second-order valence-electron chi connectivity index (χ2n) is 5.35. The number of nitrogens with one attached hydrogen (secondary N) is 1. The number of hydrogen-bond acceptors (Lipinski definition) is 5. The molecule has 1 aromatic rings. The molecule has 0 aromatic carbocycles. The van der Waals surface area contributed by atoms with E-state index in [-0.39, 0.29) is 12.5 Å². The molecule has 0 bridgehead atoms. The summed E-state index contributed by atoms with van der Waals surface area (Å²) in [5.41, 5.74) is 2.24. The first-order valence-electron chi connectivity index (χ1n) is 7.37. The van der Waals surface area contributed by atoms with Crippen molar-refractivity contribution in [2.45, 2.75) is 52.0 Å². The van der Waals surface area contributed by atoms with E-state index in [4.69, 9.17) is 5.11 Å². The summed E-state index contributed by atoms with van der Waals surface area (Å²) in [6, 6.07) is 2.02. The molecule has 0 aliphatic heterocycles. The monoisotopic (exact) mass is 288 g/mol. The fourth-order valence-corrected chi connectivity index (χ4v) is 2.59. The van der Waals surface area contributed by atoms with Gasteiger partial charge in [0.1, 0.15) is 11.6 Å². The Labute approximate surface area is 124 Å². The normalized spacial score (nSPS) is 15.3. The van der Waals surface area contributed by atoms with E-state index >= 15 is 0 Å². The zero-order chi connectivity index (χ0) is 15.4. The Morgan fingerprint density at radius 1 is 1.43 bits per heavy atom. The molecule has 0 spiro atoms. The van der Waals surface area contributed by atoms with Gasteiger partial charge in [0.25, 0.3) is 0 Å². The van der Waals surface area contributed by atoms with E-state index in [9.17, 15) is 10.1 Å². The molecule has 1 aromatic heterocycles. The Morgan fingerprint density at radius 3 is 2.62 bits per heavy atom. The first-order valence-corrected chi connectivity index (χ1v) is 7.37. The van der Waals surface area contributed by atoms with Gasteiger partial charge in [-0.1, -0.05) is 13.8 Å². The number of hydrogen-bond donors (Lipinski definition) is 2. The summed E-state index contributed by atoms with van der Waals surface area (Å²) in [5.74, 6) is -0.0677. The van der Waals surface area contributed by atoms with Gasteiger partial charge < -0.3 is 10.4 Å². The van der Waals surface area contributed by atoms with Crippen LogP contribution >= 0.6 is 0 Å². The highest BCUT2D eigenvalue weighted by atomic mass is 16.4. The smallest absolute Gasteiger partial charge is 0.305 e. The Hall–Kier alpha value is -2.16. The molecule has 0 saturated heterocycles. The van der Waals surface area contributed by atoms with Crippen molar-refractivity contribution in [1.29, 1.82) is 5.26 Å². The van der Waals surface area contributed by atoms with E-state index in [1.54, 1.807) is 0 Å². The molecule has 1 atom stereocenters. The first kappa shape index (κ1) is 15.2. The minimum absolute atomic E-state index is 0.0359. The second kappa shape index (κ2) is 6.53. The van der Waals surface area contributed by atoms with Crippen molar-refractivity contribution in [2.75, 3.05) is 5.32 Å². The van der Waals surface area contributed by atoms with E-state index in [1.807, 2.05) is 13.8 Å². The molecule has 0 amide bonds. The van der Waals surface area contributed by atoms with Crippen LogP contribution in [0, 0.1) is 17.2 Å². The summed E-state index contributed by atoms with van der Waals surface area (Å²) in [6.07, 6.45) is 3.52. The standard InChI is InChI=1S/C15H20N4O2/c1-3-10-11(8-16)15(19-18-12(10)4-2)17-13(7-14(20)21)9-5-6-9/h9,13H,3-7H2,1-2H3,(H,17,19)(H,20,21). The van der Waals surface area contributed by atoms with Crippen molar-refractivity contribution in [2.24, 2.45) is 5.92 Å². The van der Waals surface area contributed by atoms with Gasteiger partial charge in [0.2, 0.25) is 0 Å². The Kier molecular flexibility index (Phi) is 4.73. The number of anilines is 1. The fraction of sp³-hybridized carbons (Fsp3) is 0.600. The maximum Gasteiger partial charge on any atom is 0.305 e. The Morgan fingerprint density at radius 2 is 2.14 bits per heavy atom. The number of rotatable bonds is 7. The molecule has 2 rings (SSSR count). The topological polar surface area (TPSA) is 98.9 Å². The first-order chi connectivity index (χ1) is 10.1. The van der Waals surface area contributed by atoms with Crippen LogP contribution in [0.3, 0.4) is 0 Å². The summed E-state index contributed by atoms with van der Waals surface area (Å²) in [6.45, 7) is 3.96. The van der Waals surface area contributed by atoms with Gasteiger partial charge in [-0.3, -0.25) is 4.79 Å². The number of carboxylic acids is 1. The van der Waals surface area contributed by atoms with Crippen LogP contribution < -0.4 is 5.32 Å². The van der Waals surface area contributed by atoms with Gasteiger partial charge in [0.05, 0.1) is 12.1 Å². The molecule has 1 aliphatic carbocycles. The fourth-order valence-electron chi connectivity index (χ4n) is 2.59. The van der Waals surface area contributed by atoms with E-state index < -0.39 is 5.97 Å². The zero-order valence-electron chi connectivity index (χ0n) is 12.4. The molecule has 1 aliphatic rings. The molecular weight excluding hydrogens is 268 g/mol. The Balaban J connectivity index is 2.30. The molecule has 21 heavy (non-hydrogen) atoms. The molecule has 1 fully saturated rings. The van der Waals surface area contributed by atoms with Crippen LogP contribution in [0.1, 0.15) is 49.9 Å². The van der Waals surface area contributed by atoms with Crippen molar-refractivity contribution in [3.8, 4) is 6.07 Å². The Bertz CT molecular complexity index is 576. The molecule has 0 radical (unpaired) electrons. The minimum Gasteiger partial charge on any atom is -0.481 e. The van der Waals surface area contributed by atoms with Crippen LogP contribution in [0.15, 0.2) is 0 Å². The van der Waals surface area contributed by atoms with Gasteiger partial charge in [0.15, 0.2) is 5.82 Å². The lowest BCUT2D eigenvalue weighted by molar-refractivity contribution is -0.137. The van der Waals surface area contributed by atoms with E-state index in [2.05, 4.69) is 21.6 Å². The lowest BCUT2D eigenvalue weighted by Gasteiger charge is -2.19. The molecule has 6 heteroatoms. The quantitative estimate of drug-likeness (QED) is 0.797. The van der Waals surface area contributed by atoms with Gasteiger partial charge in [0, 0.05) is 6.04 Å². The SMILES string of the molecule is CCc1nnc(NC(CC(=O)O)C2CC2)c(C#N)c1CC. The van der Waals surface area contributed by atoms with Crippen molar-refractivity contribution in [1.82, 2.24) is 10.2 Å². The third-order valence-corrected chi connectivity index (χ3v) is 3.87. The van der Waals surface area contributed by atoms with Gasteiger partial charge >= 0.3 is 5.97 Å². The van der Waals surface area contributed by atoms with Crippen molar-refractivity contribution < 1.29 is 9.90 Å². The van der Waals surface area contributed by atoms with Crippen LogP contribution in [0.5, 0.6) is 0 Å². The third-order valence-electron chi connectivity index (χ3n) is 3.87. The lowest BCUT2D eigenvalue weighted by atomic mass is 10.0. The molecular formula is C15H20N4O2. The predicted molar refractivity (Wildman–Crippen MR) is 77.9 cm³/mol. The van der Waals surface area contributed by atoms with Crippen LogP contribution in [0.4, 0.5) is 5.82 Å². The molecule has 6 nitrogen and oxygen atoms in total. The van der Waals surface area contributed by atoms with Crippen molar-refractivity contribution in [3.05, 3.63) is 16.8 Å². The molecule has 1 heterocycles. The number of carbonyl (C=O) groups is 1. The van der Waals surface area contributed by atoms with Gasteiger partial charge in [-0.05, 0) is 37.2 Å². The number of aliphatic carboxylic acids is 1. The summed E-state index contributed by atoms with van der Waals surface area (Å²) in [4.78, 5) is 11.0. The second-order valence-corrected chi connectivity index (χ2v) is 5.35. The number of nitrogens with zero attached hydrogens (tertiary/aromatic N) is 3. The molecule has 112 valence electrons. The summed E-state index contributed by atoms with van der Waals surface area (Å²) in [7, 11) is 0. The van der Waals surface area contributed by atoms with Crippen molar-refractivity contribution in [3.63, 3.8) is 0 Å². The van der Waals surface area contributed by atoms with E-state index in [0.29, 0.717) is 23.7 Å². The average molecular weight is 288 g/mol. The third kappa shape index (κ3) is 3.48. The average Bonchev–Trinajstić information content (AvgIpc) is 3.29. The van der Waals surface area contributed by atoms with Crippen LogP contribution in [0.2, 0.25) is 0 Å². The number of aryl methyl sites for hydroxylation is 1. The van der Waals surface area contributed by atoms with Gasteiger partial charge in [-0.15, -0.1) is 5.10 Å².